The van der Waals surface area contributed by atoms with E-state index in [1.54, 1.807) is 31.6 Å². The molecule has 2 aromatic rings. The Labute approximate surface area is 126 Å². The first-order valence-corrected chi connectivity index (χ1v) is 6.53. The lowest BCUT2D eigenvalue weighted by Crippen LogP contribution is -2.22. The van der Waals surface area contributed by atoms with E-state index in [9.17, 15) is 10.1 Å². The molecule has 22 heavy (non-hydrogen) atoms. The van der Waals surface area contributed by atoms with Gasteiger partial charge in [0, 0.05) is 19.3 Å². The lowest BCUT2D eigenvalue weighted by molar-refractivity contribution is -0.383. The quantitative estimate of drug-likeness (QED) is 0.589. The van der Waals surface area contributed by atoms with Gasteiger partial charge in [0.2, 0.25) is 11.6 Å². The molecule has 0 aliphatic carbocycles. The maximum Gasteiger partial charge on any atom is 0.353 e. The van der Waals surface area contributed by atoms with Gasteiger partial charge in [-0.2, -0.15) is 0 Å². The molecule has 0 saturated carbocycles. The average molecular weight is 304 g/mol. The van der Waals surface area contributed by atoms with Gasteiger partial charge in [-0.3, -0.25) is 15.1 Å². The second kappa shape index (κ2) is 7.27. The molecule has 0 aliphatic heterocycles. The highest BCUT2D eigenvalue weighted by molar-refractivity contribution is 5.73. The maximum absolute atomic E-state index is 11.4. The van der Waals surface area contributed by atoms with E-state index >= 15 is 0 Å². The summed E-state index contributed by atoms with van der Waals surface area (Å²) in [6.45, 7) is 2.23. The second-order valence-electron chi connectivity index (χ2n) is 4.54. The molecule has 1 unspecified atom stereocenters. The van der Waals surface area contributed by atoms with Crippen LogP contribution in [0.3, 0.4) is 0 Å². The molecule has 9 nitrogen and oxygen atoms in total. The number of methoxy groups -OCH3 is 1. The number of pyridine rings is 1. The molecule has 2 heterocycles. The highest BCUT2D eigenvalue weighted by Gasteiger charge is 2.24. The summed E-state index contributed by atoms with van der Waals surface area (Å²) in [5.74, 6) is 0.232. The molecule has 2 aromatic heterocycles. The van der Waals surface area contributed by atoms with Crippen molar-refractivity contribution < 1.29 is 9.66 Å². The molecular weight excluding hydrogens is 288 g/mol. The van der Waals surface area contributed by atoms with Gasteiger partial charge in [0.15, 0.2) is 0 Å². The topological polar surface area (TPSA) is 115 Å². The Morgan fingerprint density at radius 3 is 2.82 bits per heavy atom. The van der Waals surface area contributed by atoms with Gasteiger partial charge in [-0.1, -0.05) is 0 Å². The van der Waals surface area contributed by atoms with Crippen molar-refractivity contribution in [2.45, 2.75) is 13.0 Å². The van der Waals surface area contributed by atoms with Crippen molar-refractivity contribution in [1.82, 2.24) is 15.0 Å². The molecule has 1 atom stereocenters. The molecule has 0 bridgehead atoms. The van der Waals surface area contributed by atoms with Crippen LogP contribution in [-0.4, -0.2) is 39.6 Å². The van der Waals surface area contributed by atoms with Crippen LogP contribution in [0.5, 0.6) is 0 Å². The molecule has 116 valence electrons. The van der Waals surface area contributed by atoms with Crippen LogP contribution in [0, 0.1) is 10.1 Å². The molecule has 0 aromatic carbocycles. The van der Waals surface area contributed by atoms with E-state index in [1.165, 1.54) is 6.33 Å². The zero-order valence-electron chi connectivity index (χ0n) is 12.2. The summed E-state index contributed by atoms with van der Waals surface area (Å²) in [7, 11) is 1.56. The summed E-state index contributed by atoms with van der Waals surface area (Å²) in [6, 6.07) is 3.32. The number of anilines is 3. The van der Waals surface area contributed by atoms with Gasteiger partial charge in [0.05, 0.1) is 23.4 Å². The Morgan fingerprint density at radius 2 is 2.18 bits per heavy atom. The van der Waals surface area contributed by atoms with Crippen molar-refractivity contribution in [3.05, 3.63) is 41.0 Å². The molecule has 2 N–H and O–H groups in total. The first kappa shape index (κ1) is 15.6. The molecule has 0 radical (unpaired) electrons. The van der Waals surface area contributed by atoms with Crippen LogP contribution in [0.25, 0.3) is 0 Å². The predicted octanol–water partition coefficient (Wildman–Crippen LogP) is 1.97. The zero-order valence-corrected chi connectivity index (χ0v) is 12.2. The summed E-state index contributed by atoms with van der Waals surface area (Å²) in [5.41, 5.74) is 0.370. The van der Waals surface area contributed by atoms with Gasteiger partial charge >= 0.3 is 5.69 Å². The molecular formula is C13H16N6O3. The van der Waals surface area contributed by atoms with Gasteiger partial charge in [-0.15, -0.1) is 0 Å². The Morgan fingerprint density at radius 1 is 1.41 bits per heavy atom. The lowest BCUT2D eigenvalue weighted by atomic mass is 10.3. The Kier molecular flexibility index (Phi) is 5.15. The second-order valence-corrected chi connectivity index (χ2v) is 4.54. The minimum atomic E-state index is -0.527. The number of ether oxygens (including phenoxy) is 1. The van der Waals surface area contributed by atoms with E-state index in [1.807, 2.05) is 6.92 Å². The molecule has 0 amide bonds. The van der Waals surface area contributed by atoms with Crippen molar-refractivity contribution >= 4 is 23.0 Å². The van der Waals surface area contributed by atoms with Gasteiger partial charge in [-0.05, 0) is 19.1 Å². The minimum absolute atomic E-state index is 0.0973. The van der Waals surface area contributed by atoms with Crippen LogP contribution >= 0.6 is 0 Å². The Bertz CT molecular complexity index is 637. The van der Waals surface area contributed by atoms with E-state index < -0.39 is 4.92 Å². The first-order valence-electron chi connectivity index (χ1n) is 6.53. The molecule has 0 aliphatic rings. The number of nitrogens with zero attached hydrogens (tertiary/aromatic N) is 4. The van der Waals surface area contributed by atoms with E-state index in [0.717, 1.165) is 0 Å². The van der Waals surface area contributed by atoms with Crippen molar-refractivity contribution in [2.75, 3.05) is 24.4 Å². The third kappa shape index (κ3) is 3.85. The monoisotopic (exact) mass is 304 g/mol. The van der Waals surface area contributed by atoms with Crippen molar-refractivity contribution in [1.29, 1.82) is 0 Å². The number of hydrogen-bond acceptors (Lipinski definition) is 8. The van der Waals surface area contributed by atoms with E-state index in [0.29, 0.717) is 12.3 Å². The summed E-state index contributed by atoms with van der Waals surface area (Å²) in [6.07, 6.45) is 4.42. The number of rotatable bonds is 7. The number of nitrogens with one attached hydrogen (secondary N) is 2. The third-order valence-electron chi connectivity index (χ3n) is 2.73. The number of hydrogen-bond donors (Lipinski definition) is 2. The normalized spacial score (nSPS) is 11.7. The highest BCUT2D eigenvalue weighted by Crippen LogP contribution is 2.31. The molecule has 9 heteroatoms. The molecule has 2 rings (SSSR count). The minimum Gasteiger partial charge on any atom is -0.383 e. The van der Waals surface area contributed by atoms with Crippen LogP contribution in [0.2, 0.25) is 0 Å². The van der Waals surface area contributed by atoms with Crippen molar-refractivity contribution in [3.8, 4) is 0 Å². The van der Waals surface area contributed by atoms with Crippen LogP contribution in [-0.2, 0) is 4.74 Å². The smallest absolute Gasteiger partial charge is 0.353 e. The Hall–Kier alpha value is -2.81. The average Bonchev–Trinajstić information content (AvgIpc) is 2.48. The highest BCUT2D eigenvalue weighted by atomic mass is 16.6. The summed E-state index contributed by atoms with van der Waals surface area (Å²) < 4.78 is 5.00. The Balaban J connectivity index is 2.32. The summed E-state index contributed by atoms with van der Waals surface area (Å²) >= 11 is 0. The van der Waals surface area contributed by atoms with Crippen molar-refractivity contribution in [2.24, 2.45) is 0 Å². The van der Waals surface area contributed by atoms with Gasteiger partial charge in [0.1, 0.15) is 6.33 Å². The van der Waals surface area contributed by atoms with E-state index in [2.05, 4.69) is 25.6 Å². The third-order valence-corrected chi connectivity index (χ3v) is 2.73. The van der Waals surface area contributed by atoms with E-state index in [-0.39, 0.29) is 23.4 Å². The number of nitro groups is 1. The van der Waals surface area contributed by atoms with Gasteiger partial charge in [0.25, 0.3) is 0 Å². The predicted molar refractivity (Wildman–Crippen MR) is 81.2 cm³/mol. The van der Waals surface area contributed by atoms with E-state index in [4.69, 9.17) is 4.74 Å². The van der Waals surface area contributed by atoms with Gasteiger partial charge < -0.3 is 15.4 Å². The van der Waals surface area contributed by atoms with Crippen molar-refractivity contribution in [3.63, 3.8) is 0 Å². The van der Waals surface area contributed by atoms with Gasteiger partial charge in [-0.25, -0.2) is 9.97 Å². The van der Waals surface area contributed by atoms with Crippen LogP contribution in [0.15, 0.2) is 30.9 Å². The standard InChI is InChI=1S/C13H16N6O3/c1-9(7-22-2)17-12-11(19(20)21)13(16-8-15-12)18-10-4-3-5-14-6-10/h3-6,8-9H,7H2,1-2H3,(H2,15,16,17,18). The molecule has 0 saturated heterocycles. The molecule has 0 spiro atoms. The van der Waals surface area contributed by atoms with Crippen LogP contribution < -0.4 is 10.6 Å². The van der Waals surface area contributed by atoms with Crippen LogP contribution in [0.1, 0.15) is 6.92 Å². The summed E-state index contributed by atoms with van der Waals surface area (Å²) in [5, 5.41) is 17.2. The molecule has 0 fully saturated rings. The fraction of sp³-hybridized carbons (Fsp3) is 0.308. The first-order chi connectivity index (χ1) is 10.6. The number of aromatic nitrogens is 3. The van der Waals surface area contributed by atoms with Crippen LogP contribution in [0.4, 0.5) is 23.0 Å². The maximum atomic E-state index is 11.4. The SMILES string of the molecule is COCC(C)Nc1ncnc(Nc2cccnc2)c1[N+](=O)[O-]. The lowest BCUT2D eigenvalue weighted by Gasteiger charge is -2.14. The zero-order chi connectivity index (χ0) is 15.9. The fourth-order valence-electron chi connectivity index (χ4n) is 1.85. The largest absolute Gasteiger partial charge is 0.383 e. The summed E-state index contributed by atoms with van der Waals surface area (Å²) in [4.78, 5) is 22.7. The fourth-order valence-corrected chi connectivity index (χ4v) is 1.85.